The van der Waals surface area contributed by atoms with E-state index in [1.165, 1.54) is 27.8 Å². The van der Waals surface area contributed by atoms with Crippen LogP contribution in [0.2, 0.25) is 0 Å². The molecule has 0 spiro atoms. The van der Waals surface area contributed by atoms with Crippen molar-refractivity contribution in [3.8, 4) is 0 Å². The molecule has 0 radical (unpaired) electrons. The molecule has 3 aromatic rings. The Morgan fingerprint density at radius 3 is 2.35 bits per heavy atom. The van der Waals surface area contributed by atoms with E-state index < -0.39 is 10.0 Å². The second-order valence-electron chi connectivity index (χ2n) is 8.29. The summed E-state index contributed by atoms with van der Waals surface area (Å²) in [5.41, 5.74) is 1.29. The van der Waals surface area contributed by atoms with Crippen molar-refractivity contribution in [1.29, 1.82) is 0 Å². The number of nitrogens with zero attached hydrogens (tertiary/aromatic N) is 4. The Kier molecular flexibility index (Phi) is 9.11. The van der Waals surface area contributed by atoms with Crippen molar-refractivity contribution in [3.63, 3.8) is 0 Å². The van der Waals surface area contributed by atoms with Gasteiger partial charge in [-0.25, -0.2) is 17.7 Å². The van der Waals surface area contributed by atoms with Crippen LogP contribution in [0, 0.1) is 0 Å². The number of hydrogen-bond acceptors (Lipinski definition) is 7. The summed E-state index contributed by atoms with van der Waals surface area (Å²) < 4.78 is 28.0. The molecule has 0 N–H and O–H groups in total. The molecule has 1 aromatic heterocycles. The largest absolute Gasteiger partial charge is 0.308 e. The Balaban J connectivity index is 1.90. The number of thioether (sulfide) groups is 1. The number of sulfonamides is 1. The lowest BCUT2D eigenvalue weighted by Crippen LogP contribution is -2.36. The summed E-state index contributed by atoms with van der Waals surface area (Å²) in [6, 6.07) is 12.3. The third kappa shape index (κ3) is 6.17. The van der Waals surface area contributed by atoms with Crippen LogP contribution in [0.25, 0.3) is 10.2 Å². The van der Waals surface area contributed by atoms with Gasteiger partial charge in [-0.1, -0.05) is 24.7 Å². The minimum atomic E-state index is -3.58. The summed E-state index contributed by atoms with van der Waals surface area (Å²) >= 11 is 3.16. The Labute approximate surface area is 210 Å². The van der Waals surface area contributed by atoms with Gasteiger partial charge in [-0.05, 0) is 69.2 Å². The molecule has 2 aromatic carbocycles. The number of benzene rings is 2. The van der Waals surface area contributed by atoms with Crippen molar-refractivity contribution in [3.05, 3.63) is 48.0 Å². The van der Waals surface area contributed by atoms with Crippen LogP contribution in [0.15, 0.2) is 52.3 Å². The number of unbranched alkanes of at least 4 members (excludes halogenated alkanes) is 1. The average molecular weight is 521 g/mol. The molecule has 0 fully saturated rings. The highest BCUT2D eigenvalue weighted by Gasteiger charge is 2.24. The Hall–Kier alpha value is -1.98. The molecule has 10 heteroatoms. The Morgan fingerprint density at radius 2 is 1.74 bits per heavy atom. The molecule has 0 saturated heterocycles. The van der Waals surface area contributed by atoms with E-state index in [0.29, 0.717) is 30.3 Å². The van der Waals surface area contributed by atoms with E-state index in [9.17, 15) is 13.2 Å². The first-order valence-corrected chi connectivity index (χ1v) is 14.6. The highest BCUT2D eigenvalue weighted by atomic mass is 32.2. The molecule has 0 saturated carbocycles. The zero-order valence-corrected chi connectivity index (χ0v) is 22.8. The fourth-order valence-electron chi connectivity index (χ4n) is 3.33. The number of carbonyl (C=O) groups excluding carboxylic acids is 1. The van der Waals surface area contributed by atoms with Gasteiger partial charge in [0.1, 0.15) is 0 Å². The van der Waals surface area contributed by atoms with Gasteiger partial charge < -0.3 is 4.90 Å². The minimum absolute atomic E-state index is 0.187. The van der Waals surface area contributed by atoms with Crippen LogP contribution in [-0.4, -0.2) is 75.5 Å². The number of carbonyl (C=O) groups is 1. The van der Waals surface area contributed by atoms with E-state index in [1.54, 1.807) is 35.8 Å². The highest BCUT2D eigenvalue weighted by molar-refractivity contribution is 7.98. The summed E-state index contributed by atoms with van der Waals surface area (Å²) in [4.78, 5) is 23.2. The number of fused-ring (bicyclic) bond motifs is 1. The molecule has 3 rings (SSSR count). The van der Waals surface area contributed by atoms with Gasteiger partial charge in [0.05, 0.1) is 15.1 Å². The Morgan fingerprint density at radius 1 is 1.03 bits per heavy atom. The fourth-order valence-corrected chi connectivity index (χ4v) is 6.08. The van der Waals surface area contributed by atoms with Crippen molar-refractivity contribution in [2.45, 2.75) is 29.6 Å². The first-order valence-electron chi connectivity index (χ1n) is 11.1. The van der Waals surface area contributed by atoms with Crippen molar-refractivity contribution in [2.75, 3.05) is 51.9 Å². The third-order valence-corrected chi connectivity index (χ3v) is 9.10. The third-order valence-electron chi connectivity index (χ3n) is 5.47. The summed E-state index contributed by atoms with van der Waals surface area (Å²) in [5, 5.41) is 0.635. The molecule has 0 aliphatic heterocycles. The zero-order chi connectivity index (χ0) is 24.9. The number of aromatic nitrogens is 1. The lowest BCUT2D eigenvalue weighted by molar-refractivity contribution is 0.0985. The predicted octanol–water partition coefficient (Wildman–Crippen LogP) is 4.65. The van der Waals surface area contributed by atoms with Gasteiger partial charge in [0, 0.05) is 37.1 Å². The number of likely N-dealkylation sites (N-methyl/N-ethyl adjacent to an activating group) is 1. The molecule has 1 amide bonds. The van der Waals surface area contributed by atoms with Crippen LogP contribution in [0.3, 0.4) is 0 Å². The molecular formula is C24H32N4O3S3. The molecular weight excluding hydrogens is 488 g/mol. The van der Waals surface area contributed by atoms with Crippen LogP contribution in [0.1, 0.15) is 30.1 Å². The molecule has 0 aliphatic carbocycles. The smallest absolute Gasteiger partial charge is 0.260 e. The van der Waals surface area contributed by atoms with Crippen LogP contribution < -0.4 is 4.90 Å². The van der Waals surface area contributed by atoms with Crippen molar-refractivity contribution < 1.29 is 13.2 Å². The SMILES string of the molecule is CCCCN(C)S(=O)(=O)c1ccc(C(=O)N(CCN(C)C)c2nc3ccc(SC)cc3s2)cc1. The second kappa shape index (κ2) is 11.6. The maximum Gasteiger partial charge on any atom is 0.260 e. The summed E-state index contributed by atoms with van der Waals surface area (Å²) in [6.07, 6.45) is 3.75. The predicted molar refractivity (Wildman–Crippen MR) is 143 cm³/mol. The van der Waals surface area contributed by atoms with Crippen LogP contribution in [0.5, 0.6) is 0 Å². The number of hydrogen-bond donors (Lipinski definition) is 0. The molecule has 0 atom stereocenters. The van der Waals surface area contributed by atoms with Gasteiger partial charge in [-0.15, -0.1) is 11.8 Å². The second-order valence-corrected chi connectivity index (χ2v) is 12.2. The summed E-state index contributed by atoms with van der Waals surface area (Å²) in [6.45, 7) is 3.64. The highest BCUT2D eigenvalue weighted by Crippen LogP contribution is 2.32. The maximum absolute atomic E-state index is 13.5. The first-order chi connectivity index (χ1) is 16.2. The van der Waals surface area contributed by atoms with Crippen LogP contribution in [0.4, 0.5) is 5.13 Å². The monoisotopic (exact) mass is 520 g/mol. The van der Waals surface area contributed by atoms with E-state index in [1.807, 2.05) is 44.3 Å². The van der Waals surface area contributed by atoms with E-state index in [0.717, 1.165) is 28.0 Å². The Bertz CT molecular complexity index is 1220. The number of anilines is 1. The lowest BCUT2D eigenvalue weighted by Gasteiger charge is -2.22. The molecule has 0 unspecified atom stereocenters. The first kappa shape index (κ1) is 26.6. The summed E-state index contributed by atoms with van der Waals surface area (Å²) in [5.74, 6) is -0.200. The molecule has 34 heavy (non-hydrogen) atoms. The van der Waals surface area contributed by atoms with E-state index >= 15 is 0 Å². The van der Waals surface area contributed by atoms with Gasteiger partial charge in [-0.2, -0.15) is 0 Å². The van der Waals surface area contributed by atoms with Gasteiger partial charge in [-0.3, -0.25) is 9.69 Å². The zero-order valence-electron chi connectivity index (χ0n) is 20.3. The van der Waals surface area contributed by atoms with Crippen LogP contribution >= 0.6 is 23.1 Å². The van der Waals surface area contributed by atoms with Crippen LogP contribution in [-0.2, 0) is 10.0 Å². The topological polar surface area (TPSA) is 73.8 Å². The van der Waals surface area contributed by atoms with Gasteiger partial charge in [0.2, 0.25) is 10.0 Å². The molecule has 1 heterocycles. The lowest BCUT2D eigenvalue weighted by atomic mass is 10.2. The normalized spacial score (nSPS) is 12.1. The molecule has 7 nitrogen and oxygen atoms in total. The van der Waals surface area contributed by atoms with Crippen molar-refractivity contribution >= 4 is 54.4 Å². The average Bonchev–Trinajstić information content (AvgIpc) is 3.25. The van der Waals surface area contributed by atoms with Gasteiger partial charge in [0.25, 0.3) is 5.91 Å². The minimum Gasteiger partial charge on any atom is -0.308 e. The summed E-state index contributed by atoms with van der Waals surface area (Å²) in [7, 11) is 1.92. The molecule has 184 valence electrons. The quantitative estimate of drug-likeness (QED) is 0.343. The fraction of sp³-hybridized carbons (Fsp3) is 0.417. The van der Waals surface area contributed by atoms with Crippen molar-refractivity contribution in [2.24, 2.45) is 0 Å². The molecule has 0 aliphatic rings. The number of amides is 1. The maximum atomic E-state index is 13.5. The van der Waals surface area contributed by atoms with Crippen molar-refractivity contribution in [1.82, 2.24) is 14.2 Å². The number of thiazole rings is 1. The van der Waals surface area contributed by atoms with E-state index in [4.69, 9.17) is 4.98 Å². The molecule has 0 bridgehead atoms. The van der Waals surface area contributed by atoms with Gasteiger partial charge in [0.15, 0.2) is 5.13 Å². The number of rotatable bonds is 11. The standard InChI is InChI=1S/C24H32N4O3S3/c1-6-7-14-27(4)34(30,31)20-11-8-18(9-12-20)23(29)28(16-15-26(2)3)24-25-21-13-10-19(32-5)17-22(21)33-24/h8-13,17H,6-7,14-16H2,1-5H3. The van der Waals surface area contributed by atoms with E-state index in [2.05, 4.69) is 6.07 Å². The van der Waals surface area contributed by atoms with Gasteiger partial charge >= 0.3 is 0 Å². The van der Waals surface area contributed by atoms with E-state index in [-0.39, 0.29) is 10.8 Å².